The largest absolute Gasteiger partial charge is 0.480 e. The number of carboxylic acids is 1. The van der Waals surface area contributed by atoms with Crippen LogP contribution in [0.1, 0.15) is 64.2 Å². The average Bonchev–Trinajstić information content (AvgIpc) is 3.19. The number of carboxylic acid groups (broad SMARTS) is 1. The number of fused-ring (bicyclic) bond motifs is 2. The summed E-state index contributed by atoms with van der Waals surface area (Å²) in [5.74, 6) is 0.838. The van der Waals surface area contributed by atoms with E-state index in [1.54, 1.807) is 0 Å². The van der Waals surface area contributed by atoms with E-state index < -0.39 is 5.97 Å². The van der Waals surface area contributed by atoms with Gasteiger partial charge in [0.15, 0.2) is 0 Å². The summed E-state index contributed by atoms with van der Waals surface area (Å²) in [6, 6.07) is 1.38. The number of rotatable bonds is 2. The summed E-state index contributed by atoms with van der Waals surface area (Å²) < 4.78 is 0. The van der Waals surface area contributed by atoms with E-state index >= 15 is 0 Å². The van der Waals surface area contributed by atoms with Gasteiger partial charge in [-0.25, -0.2) is 0 Å². The third-order valence-corrected chi connectivity index (χ3v) is 6.33. The van der Waals surface area contributed by atoms with E-state index in [0.717, 1.165) is 18.4 Å². The molecule has 0 amide bonds. The van der Waals surface area contributed by atoms with Gasteiger partial charge in [0, 0.05) is 18.1 Å². The molecule has 5 nitrogen and oxygen atoms in total. The molecule has 11 heteroatoms. The molecule has 2 aliphatic carbocycles. The summed E-state index contributed by atoms with van der Waals surface area (Å²) in [7, 11) is 0. The highest BCUT2D eigenvalue weighted by molar-refractivity contribution is 7.60. The van der Waals surface area contributed by atoms with Crippen LogP contribution in [-0.2, 0) is 4.79 Å². The quantitative estimate of drug-likeness (QED) is 0.443. The Labute approximate surface area is 218 Å². The highest BCUT2D eigenvalue weighted by Crippen LogP contribution is 2.33. The maximum atomic E-state index is 10.7. The zero-order chi connectivity index (χ0) is 16.2. The SMILES string of the molecule is O=C(O)[C@@H]1C[C@@H]2CCCC[C@@H]2N1.OC[C@@H]1C[C@@H]2CCCC[C@@H]2N1.S.S.S.S.S.S. The molecule has 0 spiro atoms. The highest BCUT2D eigenvalue weighted by Gasteiger charge is 2.38. The first kappa shape index (κ1) is 37.7. The summed E-state index contributed by atoms with van der Waals surface area (Å²) in [5.41, 5.74) is 0. The maximum absolute atomic E-state index is 10.7. The summed E-state index contributed by atoms with van der Waals surface area (Å²) in [6.45, 7) is 0.326. The van der Waals surface area contributed by atoms with Crippen LogP contribution in [0.2, 0.25) is 0 Å². The normalized spacial score (nSPS) is 33.6. The Morgan fingerprint density at radius 3 is 1.59 bits per heavy atom. The minimum Gasteiger partial charge on any atom is -0.480 e. The van der Waals surface area contributed by atoms with Crippen LogP contribution in [0.5, 0.6) is 0 Å². The first-order valence-corrected chi connectivity index (χ1v) is 9.53. The fourth-order valence-electron chi connectivity index (χ4n) is 5.08. The summed E-state index contributed by atoms with van der Waals surface area (Å²) in [4.78, 5) is 10.7. The van der Waals surface area contributed by atoms with Gasteiger partial charge in [-0.15, -0.1) is 0 Å². The van der Waals surface area contributed by atoms with Crippen LogP contribution in [0.3, 0.4) is 0 Å². The Kier molecular flexibility index (Phi) is 24.7. The monoisotopic (exact) mass is 528 g/mol. The van der Waals surface area contributed by atoms with E-state index in [1.165, 1.54) is 57.8 Å². The number of nitrogens with one attached hydrogen (secondary N) is 2. The third kappa shape index (κ3) is 10.7. The first-order chi connectivity index (χ1) is 11.2. The van der Waals surface area contributed by atoms with Gasteiger partial charge in [0.2, 0.25) is 0 Å². The zero-order valence-corrected chi connectivity index (χ0v) is 23.0. The third-order valence-electron chi connectivity index (χ3n) is 6.33. The second-order valence-corrected chi connectivity index (χ2v) is 7.88. The predicted molar refractivity (Wildman–Crippen MR) is 152 cm³/mol. The van der Waals surface area contributed by atoms with Crippen molar-refractivity contribution in [3.63, 3.8) is 0 Å². The molecule has 4 rings (SSSR count). The number of hydrogen-bond acceptors (Lipinski definition) is 4. The lowest BCUT2D eigenvalue weighted by molar-refractivity contribution is -0.139. The van der Waals surface area contributed by atoms with Gasteiger partial charge < -0.3 is 20.8 Å². The van der Waals surface area contributed by atoms with Crippen molar-refractivity contribution in [2.45, 2.75) is 88.4 Å². The van der Waals surface area contributed by atoms with Crippen molar-refractivity contribution in [3.05, 3.63) is 0 Å². The fourth-order valence-corrected chi connectivity index (χ4v) is 5.08. The van der Waals surface area contributed by atoms with Crippen LogP contribution in [-0.4, -0.2) is 47.0 Å². The fraction of sp³-hybridized carbons (Fsp3) is 0.944. The number of aliphatic hydroxyl groups is 1. The van der Waals surface area contributed by atoms with Crippen LogP contribution in [0.4, 0.5) is 0 Å². The van der Waals surface area contributed by atoms with Crippen molar-refractivity contribution in [2.75, 3.05) is 6.61 Å². The second kappa shape index (κ2) is 19.0. The standard InChI is InChI=1S/C9H15NO2.C9H17NO.6H2S/c11-9(12)8-5-6-3-1-2-4-7(6)10-8;11-6-8-5-7-3-1-2-4-9(7)10-8;;;;;;/h6-8,10H,1-5H2,(H,11,12);7-11H,1-6H2;6*1H2/t6-,7-,8-;7-,8-,9-;;;;;;/m00....../s1. The number of carbonyl (C=O) groups is 1. The van der Waals surface area contributed by atoms with Crippen molar-refractivity contribution in [1.82, 2.24) is 10.6 Å². The lowest BCUT2D eigenvalue weighted by atomic mass is 9.85. The smallest absolute Gasteiger partial charge is 0.320 e. The van der Waals surface area contributed by atoms with Gasteiger partial charge in [0.1, 0.15) is 6.04 Å². The molecule has 0 unspecified atom stereocenters. The van der Waals surface area contributed by atoms with Gasteiger partial charge in [-0.3, -0.25) is 4.79 Å². The molecule has 2 aliphatic heterocycles. The first-order valence-electron chi connectivity index (χ1n) is 9.53. The second-order valence-electron chi connectivity index (χ2n) is 7.88. The molecule has 2 heterocycles. The summed E-state index contributed by atoms with van der Waals surface area (Å²) in [6.07, 6.45) is 12.5. The van der Waals surface area contributed by atoms with Crippen molar-refractivity contribution < 1.29 is 15.0 Å². The van der Waals surface area contributed by atoms with Crippen LogP contribution >= 0.6 is 81.0 Å². The molecule has 2 saturated carbocycles. The lowest BCUT2D eigenvalue weighted by Gasteiger charge is -2.24. The topological polar surface area (TPSA) is 81.6 Å². The van der Waals surface area contributed by atoms with Gasteiger partial charge in [0.25, 0.3) is 0 Å². The van der Waals surface area contributed by atoms with E-state index in [1.807, 2.05) is 0 Å². The number of aliphatic carboxylic acids is 1. The molecule has 29 heavy (non-hydrogen) atoms. The maximum Gasteiger partial charge on any atom is 0.320 e. The zero-order valence-electron chi connectivity index (χ0n) is 17.0. The molecule has 0 radical (unpaired) electrons. The average molecular weight is 529 g/mol. The molecule has 4 N–H and O–H groups in total. The van der Waals surface area contributed by atoms with E-state index in [4.69, 9.17) is 10.2 Å². The Bertz CT molecular complexity index is 397. The highest BCUT2D eigenvalue weighted by atomic mass is 32.1. The van der Waals surface area contributed by atoms with Crippen LogP contribution in [0.15, 0.2) is 0 Å². The van der Waals surface area contributed by atoms with Gasteiger partial charge in [0.05, 0.1) is 6.61 Å². The van der Waals surface area contributed by atoms with E-state index in [9.17, 15) is 4.79 Å². The molecule has 4 aliphatic rings. The van der Waals surface area contributed by atoms with Crippen LogP contribution in [0, 0.1) is 11.8 Å². The van der Waals surface area contributed by atoms with E-state index in [-0.39, 0.29) is 87.0 Å². The molecular formula is C18H44N2O3S6. The molecule has 0 aromatic carbocycles. The van der Waals surface area contributed by atoms with Crippen LogP contribution in [0.25, 0.3) is 0 Å². The number of aliphatic hydroxyl groups excluding tert-OH is 1. The molecule has 0 aromatic heterocycles. The summed E-state index contributed by atoms with van der Waals surface area (Å²) >= 11 is 0. The molecule has 180 valence electrons. The molecule has 4 fully saturated rings. The van der Waals surface area contributed by atoms with Gasteiger partial charge in [-0.05, 0) is 50.4 Å². The minimum atomic E-state index is -0.676. The Hall–Kier alpha value is 1.45. The molecule has 6 atom stereocenters. The van der Waals surface area contributed by atoms with Crippen LogP contribution < -0.4 is 10.6 Å². The minimum absolute atomic E-state index is 0. The Morgan fingerprint density at radius 1 is 0.724 bits per heavy atom. The van der Waals surface area contributed by atoms with Gasteiger partial charge in [-0.2, -0.15) is 81.0 Å². The Morgan fingerprint density at radius 2 is 1.17 bits per heavy atom. The Balaban J connectivity index is -0.000000179. The number of hydrogen-bond donors (Lipinski definition) is 4. The predicted octanol–water partition coefficient (Wildman–Crippen LogP) is 2.57. The van der Waals surface area contributed by atoms with E-state index in [0.29, 0.717) is 24.6 Å². The van der Waals surface area contributed by atoms with Crippen molar-refractivity contribution in [1.29, 1.82) is 0 Å². The van der Waals surface area contributed by atoms with Crippen molar-refractivity contribution in [3.8, 4) is 0 Å². The molecule has 2 saturated heterocycles. The van der Waals surface area contributed by atoms with E-state index in [2.05, 4.69) is 10.6 Å². The molecular weight excluding hydrogens is 485 g/mol. The molecule has 0 bridgehead atoms. The van der Waals surface area contributed by atoms with Crippen molar-refractivity contribution >= 4 is 86.9 Å². The van der Waals surface area contributed by atoms with Gasteiger partial charge >= 0.3 is 5.97 Å². The molecule has 0 aromatic rings. The summed E-state index contributed by atoms with van der Waals surface area (Å²) in [5, 5.41) is 24.4. The van der Waals surface area contributed by atoms with Crippen molar-refractivity contribution in [2.24, 2.45) is 11.8 Å². The van der Waals surface area contributed by atoms with Gasteiger partial charge in [-0.1, -0.05) is 25.7 Å². The lowest BCUT2D eigenvalue weighted by Crippen LogP contribution is -2.36.